The summed E-state index contributed by atoms with van der Waals surface area (Å²) >= 11 is 0. The molecule has 1 aliphatic rings. The molecule has 1 aromatic carbocycles. The van der Waals surface area contributed by atoms with Crippen molar-refractivity contribution >= 4 is 5.91 Å². The summed E-state index contributed by atoms with van der Waals surface area (Å²) in [7, 11) is 2.09. The zero-order valence-corrected chi connectivity index (χ0v) is 10.6. The number of carbonyl (C=O) groups excluding carboxylic acids is 1. The van der Waals surface area contributed by atoms with Crippen molar-refractivity contribution < 1.29 is 4.79 Å². The van der Waals surface area contributed by atoms with Crippen LogP contribution in [0.2, 0.25) is 0 Å². The molecule has 0 spiro atoms. The first-order chi connectivity index (χ1) is 8.13. The first kappa shape index (κ1) is 12.1. The van der Waals surface area contributed by atoms with Gasteiger partial charge >= 0.3 is 0 Å². The van der Waals surface area contributed by atoms with Gasteiger partial charge in [-0.1, -0.05) is 29.8 Å². The zero-order chi connectivity index (χ0) is 12.3. The first-order valence-corrected chi connectivity index (χ1v) is 6.17. The van der Waals surface area contributed by atoms with Gasteiger partial charge in [0, 0.05) is 12.6 Å². The smallest absolute Gasteiger partial charge is 0.224 e. The number of nitrogens with one attached hydrogen (secondary N) is 1. The molecule has 0 saturated carbocycles. The van der Waals surface area contributed by atoms with Crippen molar-refractivity contribution in [3.63, 3.8) is 0 Å². The van der Waals surface area contributed by atoms with E-state index in [1.54, 1.807) is 0 Å². The van der Waals surface area contributed by atoms with Crippen molar-refractivity contribution in [3.05, 3.63) is 35.4 Å². The number of nitrogens with zero attached hydrogens (tertiary/aromatic N) is 1. The number of amides is 1. The van der Waals surface area contributed by atoms with Crippen molar-refractivity contribution in [2.24, 2.45) is 0 Å². The standard InChI is InChI=1S/C14H20N2O/c1-11-3-5-12(6-4-11)9-14(17)15-13-7-8-16(2)10-13/h3-6,13H,7-10H2,1-2H3,(H,15,17). The summed E-state index contributed by atoms with van der Waals surface area (Å²) in [6, 6.07) is 8.47. The van der Waals surface area contributed by atoms with Crippen LogP contribution in [0.15, 0.2) is 24.3 Å². The highest BCUT2D eigenvalue weighted by atomic mass is 16.1. The second-order valence-corrected chi connectivity index (χ2v) is 4.98. The first-order valence-electron chi connectivity index (χ1n) is 6.17. The number of hydrogen-bond donors (Lipinski definition) is 1. The Morgan fingerprint density at radius 1 is 1.41 bits per heavy atom. The monoisotopic (exact) mass is 232 g/mol. The molecule has 1 aromatic rings. The van der Waals surface area contributed by atoms with Gasteiger partial charge in [-0.2, -0.15) is 0 Å². The minimum Gasteiger partial charge on any atom is -0.352 e. The minimum absolute atomic E-state index is 0.133. The van der Waals surface area contributed by atoms with E-state index >= 15 is 0 Å². The van der Waals surface area contributed by atoms with Crippen molar-refractivity contribution in [1.29, 1.82) is 0 Å². The van der Waals surface area contributed by atoms with Gasteiger partial charge < -0.3 is 10.2 Å². The van der Waals surface area contributed by atoms with Gasteiger partial charge in [0.05, 0.1) is 6.42 Å². The van der Waals surface area contributed by atoms with Gasteiger partial charge in [-0.25, -0.2) is 0 Å². The molecule has 1 N–H and O–H groups in total. The molecule has 1 fully saturated rings. The van der Waals surface area contributed by atoms with Crippen LogP contribution in [0.1, 0.15) is 17.5 Å². The largest absolute Gasteiger partial charge is 0.352 e. The van der Waals surface area contributed by atoms with Crippen LogP contribution in [-0.4, -0.2) is 37.0 Å². The molecule has 1 unspecified atom stereocenters. The third kappa shape index (κ3) is 3.56. The normalized spacial score (nSPS) is 20.5. The third-order valence-corrected chi connectivity index (χ3v) is 3.24. The summed E-state index contributed by atoms with van der Waals surface area (Å²) in [5.41, 5.74) is 2.31. The van der Waals surface area contributed by atoms with Gasteiger partial charge in [0.2, 0.25) is 5.91 Å². The van der Waals surface area contributed by atoms with Crippen LogP contribution in [0.25, 0.3) is 0 Å². The fourth-order valence-corrected chi connectivity index (χ4v) is 2.22. The molecule has 0 aromatic heterocycles. The van der Waals surface area contributed by atoms with Crippen molar-refractivity contribution in [3.8, 4) is 0 Å². The third-order valence-electron chi connectivity index (χ3n) is 3.24. The second kappa shape index (κ2) is 5.32. The summed E-state index contributed by atoms with van der Waals surface area (Å²) in [4.78, 5) is 14.1. The fourth-order valence-electron chi connectivity index (χ4n) is 2.22. The van der Waals surface area contributed by atoms with Crippen LogP contribution in [0.5, 0.6) is 0 Å². The molecule has 1 heterocycles. The van der Waals surface area contributed by atoms with E-state index in [0.29, 0.717) is 12.5 Å². The molecular formula is C14H20N2O. The number of carbonyl (C=O) groups is 1. The number of likely N-dealkylation sites (tertiary alicyclic amines) is 1. The van der Waals surface area contributed by atoms with E-state index in [2.05, 4.69) is 24.2 Å². The Bertz CT molecular complexity index is 386. The average molecular weight is 232 g/mol. The Morgan fingerprint density at radius 2 is 2.12 bits per heavy atom. The molecule has 1 aliphatic heterocycles. The number of rotatable bonds is 3. The van der Waals surface area contributed by atoms with E-state index < -0.39 is 0 Å². The molecule has 3 heteroatoms. The van der Waals surface area contributed by atoms with Crippen LogP contribution < -0.4 is 5.32 Å². The quantitative estimate of drug-likeness (QED) is 0.853. The highest BCUT2D eigenvalue weighted by Gasteiger charge is 2.20. The van der Waals surface area contributed by atoms with Gasteiger partial charge in [-0.05, 0) is 32.5 Å². The van der Waals surface area contributed by atoms with E-state index in [4.69, 9.17) is 0 Å². The molecular weight excluding hydrogens is 212 g/mol. The van der Waals surface area contributed by atoms with Crippen LogP contribution in [0, 0.1) is 6.92 Å². The second-order valence-electron chi connectivity index (χ2n) is 4.98. The van der Waals surface area contributed by atoms with Crippen molar-refractivity contribution in [2.45, 2.75) is 25.8 Å². The zero-order valence-electron chi connectivity index (χ0n) is 10.6. The van der Waals surface area contributed by atoms with Crippen LogP contribution in [0.4, 0.5) is 0 Å². The van der Waals surface area contributed by atoms with Crippen LogP contribution in [-0.2, 0) is 11.2 Å². The van der Waals surface area contributed by atoms with Crippen molar-refractivity contribution in [2.75, 3.05) is 20.1 Å². The molecule has 1 saturated heterocycles. The number of aryl methyl sites for hydroxylation is 1. The Morgan fingerprint density at radius 3 is 2.71 bits per heavy atom. The maximum Gasteiger partial charge on any atom is 0.224 e. The Balaban J connectivity index is 1.83. The lowest BCUT2D eigenvalue weighted by atomic mass is 10.1. The van der Waals surface area contributed by atoms with Crippen LogP contribution in [0.3, 0.4) is 0 Å². The topological polar surface area (TPSA) is 32.3 Å². The van der Waals surface area contributed by atoms with E-state index in [9.17, 15) is 4.79 Å². The van der Waals surface area contributed by atoms with Gasteiger partial charge in [0.15, 0.2) is 0 Å². The van der Waals surface area contributed by atoms with Gasteiger partial charge in [-0.3, -0.25) is 4.79 Å². The van der Waals surface area contributed by atoms with Gasteiger partial charge in [-0.15, -0.1) is 0 Å². The lowest BCUT2D eigenvalue weighted by Gasteiger charge is -2.12. The molecule has 1 atom stereocenters. The summed E-state index contributed by atoms with van der Waals surface area (Å²) in [5.74, 6) is 0.133. The molecule has 0 aliphatic carbocycles. The Labute approximate surface area is 103 Å². The van der Waals surface area contributed by atoms with Crippen molar-refractivity contribution in [1.82, 2.24) is 10.2 Å². The molecule has 17 heavy (non-hydrogen) atoms. The molecule has 2 rings (SSSR count). The number of benzene rings is 1. The fraction of sp³-hybridized carbons (Fsp3) is 0.500. The van der Waals surface area contributed by atoms with Crippen LogP contribution >= 0.6 is 0 Å². The molecule has 0 radical (unpaired) electrons. The summed E-state index contributed by atoms with van der Waals surface area (Å²) in [6.07, 6.45) is 1.55. The maximum absolute atomic E-state index is 11.8. The van der Waals surface area contributed by atoms with E-state index in [-0.39, 0.29) is 5.91 Å². The average Bonchev–Trinajstić information content (AvgIpc) is 2.67. The van der Waals surface area contributed by atoms with E-state index in [1.807, 2.05) is 24.3 Å². The Hall–Kier alpha value is -1.35. The molecule has 3 nitrogen and oxygen atoms in total. The molecule has 1 amide bonds. The maximum atomic E-state index is 11.8. The highest BCUT2D eigenvalue weighted by molar-refractivity contribution is 5.78. The highest BCUT2D eigenvalue weighted by Crippen LogP contribution is 2.07. The van der Waals surface area contributed by atoms with E-state index in [0.717, 1.165) is 25.1 Å². The lowest BCUT2D eigenvalue weighted by molar-refractivity contribution is -0.121. The Kier molecular flexibility index (Phi) is 3.79. The molecule has 0 bridgehead atoms. The number of likely N-dealkylation sites (N-methyl/N-ethyl adjacent to an activating group) is 1. The van der Waals surface area contributed by atoms with E-state index in [1.165, 1.54) is 5.56 Å². The summed E-state index contributed by atoms with van der Waals surface area (Å²) < 4.78 is 0. The summed E-state index contributed by atoms with van der Waals surface area (Å²) in [5, 5.41) is 3.09. The molecule has 92 valence electrons. The minimum atomic E-state index is 0.133. The lowest BCUT2D eigenvalue weighted by Crippen LogP contribution is -2.37. The van der Waals surface area contributed by atoms with Gasteiger partial charge in [0.25, 0.3) is 0 Å². The summed E-state index contributed by atoms with van der Waals surface area (Å²) in [6.45, 7) is 4.10. The predicted molar refractivity (Wildman–Crippen MR) is 68.9 cm³/mol. The number of hydrogen-bond acceptors (Lipinski definition) is 2. The SMILES string of the molecule is Cc1ccc(CC(=O)NC2CCN(C)C2)cc1. The van der Waals surface area contributed by atoms with Gasteiger partial charge in [0.1, 0.15) is 0 Å². The predicted octanol–water partition coefficient (Wildman–Crippen LogP) is 1.36.